The molecule has 1 atom stereocenters. The van der Waals surface area contributed by atoms with Crippen molar-refractivity contribution in [2.24, 2.45) is 0 Å². The van der Waals surface area contributed by atoms with Crippen molar-refractivity contribution in [3.8, 4) is 5.69 Å². The highest BCUT2D eigenvalue weighted by atomic mass is 35.5. The summed E-state index contributed by atoms with van der Waals surface area (Å²) >= 11 is 6.29. The van der Waals surface area contributed by atoms with Crippen LogP contribution in [-0.2, 0) is 9.84 Å². The molecule has 0 radical (unpaired) electrons. The van der Waals surface area contributed by atoms with Crippen molar-refractivity contribution >= 4 is 38.4 Å². The Morgan fingerprint density at radius 3 is 2.38 bits per heavy atom. The van der Waals surface area contributed by atoms with Crippen molar-refractivity contribution in [2.45, 2.75) is 44.2 Å². The van der Waals surface area contributed by atoms with E-state index < -0.39 is 33.1 Å². The molecule has 0 saturated heterocycles. The van der Waals surface area contributed by atoms with Gasteiger partial charge in [-0.25, -0.2) is 18.2 Å². The number of fused-ring (bicyclic) bond motifs is 1. The van der Waals surface area contributed by atoms with Gasteiger partial charge in [-0.1, -0.05) is 23.7 Å². The predicted molar refractivity (Wildman–Crippen MR) is 123 cm³/mol. The average Bonchev–Trinajstić information content (AvgIpc) is 2.65. The zero-order valence-electron chi connectivity index (χ0n) is 18.3. The molecule has 32 heavy (non-hydrogen) atoms. The maximum Gasteiger partial charge on any atom is 0.408 e. The third-order valence-corrected chi connectivity index (χ3v) is 6.49. The average molecular weight is 478 g/mol. The minimum atomic E-state index is -3.55. The zero-order valence-corrected chi connectivity index (χ0v) is 19.9. The summed E-state index contributed by atoms with van der Waals surface area (Å²) in [6.07, 6.45) is -0.110. The molecule has 0 aliphatic heterocycles. The second-order valence-corrected chi connectivity index (χ2v) is 10.9. The highest BCUT2D eigenvalue weighted by Gasteiger charge is 2.34. The molecule has 1 heterocycles. The molecule has 3 aromatic rings. The van der Waals surface area contributed by atoms with E-state index in [9.17, 15) is 23.1 Å². The maximum absolute atomic E-state index is 13.6. The van der Waals surface area contributed by atoms with Crippen LogP contribution in [0.4, 0.5) is 4.79 Å². The molecule has 10 heteroatoms. The molecule has 1 N–H and O–H groups in total. The van der Waals surface area contributed by atoms with Crippen molar-refractivity contribution in [2.75, 3.05) is 6.26 Å². The minimum Gasteiger partial charge on any atom is -0.465 e. The van der Waals surface area contributed by atoms with Crippen LogP contribution >= 0.6 is 11.6 Å². The lowest BCUT2D eigenvalue weighted by molar-refractivity contribution is 0.0719. The Hall–Kier alpha value is -2.91. The minimum absolute atomic E-state index is 0.0191. The lowest BCUT2D eigenvalue weighted by atomic mass is 10.0. The first-order chi connectivity index (χ1) is 14.7. The Morgan fingerprint density at radius 1 is 1.19 bits per heavy atom. The van der Waals surface area contributed by atoms with E-state index in [4.69, 9.17) is 11.6 Å². The van der Waals surface area contributed by atoms with E-state index >= 15 is 0 Å². The Morgan fingerprint density at radius 2 is 1.81 bits per heavy atom. The number of rotatable bonds is 4. The highest BCUT2D eigenvalue weighted by molar-refractivity contribution is 7.90. The van der Waals surface area contributed by atoms with Gasteiger partial charge in [0.25, 0.3) is 5.56 Å². The van der Waals surface area contributed by atoms with E-state index in [1.165, 1.54) is 27.7 Å². The van der Waals surface area contributed by atoms with Crippen LogP contribution in [0.1, 0.15) is 39.6 Å². The topological polar surface area (TPSA) is 110 Å². The van der Waals surface area contributed by atoms with Crippen LogP contribution in [0.2, 0.25) is 5.02 Å². The fraction of sp³-hybridized carbons (Fsp3) is 0.318. The molecule has 3 rings (SSSR count). The Bertz CT molecular complexity index is 1380. The summed E-state index contributed by atoms with van der Waals surface area (Å²) < 4.78 is 25.4. The van der Waals surface area contributed by atoms with Crippen LogP contribution in [-0.4, -0.2) is 45.9 Å². The van der Waals surface area contributed by atoms with Crippen molar-refractivity contribution in [1.82, 2.24) is 14.5 Å². The van der Waals surface area contributed by atoms with Gasteiger partial charge in [-0.2, -0.15) is 0 Å². The van der Waals surface area contributed by atoms with Crippen LogP contribution in [0.15, 0.2) is 52.2 Å². The quantitative estimate of drug-likeness (QED) is 0.600. The van der Waals surface area contributed by atoms with Crippen LogP contribution in [0, 0.1) is 0 Å². The third-order valence-electron chi connectivity index (χ3n) is 5.07. The second kappa shape index (κ2) is 8.22. The maximum atomic E-state index is 13.6. The summed E-state index contributed by atoms with van der Waals surface area (Å²) in [4.78, 5) is 31.5. The Labute approximate surface area is 191 Å². The van der Waals surface area contributed by atoms with Gasteiger partial charge in [0.1, 0.15) is 5.82 Å². The lowest BCUT2D eigenvalue weighted by Crippen LogP contribution is -2.47. The number of nitrogens with zero attached hydrogens (tertiary/aromatic N) is 3. The smallest absolute Gasteiger partial charge is 0.408 e. The summed E-state index contributed by atoms with van der Waals surface area (Å²) in [7, 11) is -3.55. The zero-order chi connectivity index (χ0) is 24.0. The molecule has 0 bridgehead atoms. The van der Waals surface area contributed by atoms with Gasteiger partial charge in [0.2, 0.25) is 0 Å². The van der Waals surface area contributed by atoms with Gasteiger partial charge in [-0.15, -0.1) is 0 Å². The predicted octanol–water partition coefficient (Wildman–Crippen LogP) is 4.28. The second-order valence-electron chi connectivity index (χ2n) is 8.51. The number of hydrogen-bond acceptors (Lipinski definition) is 5. The van der Waals surface area contributed by atoms with E-state index in [-0.39, 0.29) is 26.8 Å². The molecular formula is C22H24ClN3O5S. The summed E-state index contributed by atoms with van der Waals surface area (Å²) in [6, 6.07) is 9.86. The van der Waals surface area contributed by atoms with E-state index in [1.54, 1.807) is 52.0 Å². The van der Waals surface area contributed by atoms with Gasteiger partial charge in [0.05, 0.1) is 32.6 Å². The molecule has 1 unspecified atom stereocenters. The fourth-order valence-corrected chi connectivity index (χ4v) is 4.65. The van der Waals surface area contributed by atoms with E-state index in [0.717, 1.165) is 6.26 Å². The summed E-state index contributed by atoms with van der Waals surface area (Å²) in [5, 5.41) is 10.2. The molecule has 0 saturated carbocycles. The monoisotopic (exact) mass is 477 g/mol. The molecule has 170 valence electrons. The standard InChI is InChI=1S/C22H24ClN3O5S/c1-13(26(21(28)29)22(2,3)4)19-24-17-11-7-10-16(23)18(17)20(27)25(19)14-8-6-9-15(12-14)32(5,30)31/h6-13H,1-5H3,(H,28,29). The van der Waals surface area contributed by atoms with Crippen molar-refractivity contribution in [1.29, 1.82) is 0 Å². The number of carbonyl (C=O) groups is 1. The number of amides is 1. The Balaban J connectivity index is 2.44. The van der Waals surface area contributed by atoms with Crippen molar-refractivity contribution in [3.05, 3.63) is 63.7 Å². The van der Waals surface area contributed by atoms with Gasteiger partial charge >= 0.3 is 6.09 Å². The number of aromatic nitrogens is 2. The highest BCUT2D eigenvalue weighted by Crippen LogP contribution is 2.30. The normalized spacial score (nSPS) is 13.2. The number of hydrogen-bond donors (Lipinski definition) is 1. The molecule has 0 spiro atoms. The van der Waals surface area contributed by atoms with Gasteiger partial charge < -0.3 is 5.11 Å². The van der Waals surface area contributed by atoms with Crippen molar-refractivity contribution in [3.63, 3.8) is 0 Å². The van der Waals surface area contributed by atoms with Crippen LogP contribution in [0.5, 0.6) is 0 Å². The van der Waals surface area contributed by atoms with Gasteiger partial charge in [-0.3, -0.25) is 14.3 Å². The number of benzene rings is 2. The largest absolute Gasteiger partial charge is 0.465 e. The van der Waals surface area contributed by atoms with Crippen LogP contribution in [0.25, 0.3) is 16.6 Å². The number of carboxylic acid groups (broad SMARTS) is 1. The molecular weight excluding hydrogens is 454 g/mol. The van der Waals surface area contributed by atoms with E-state index in [2.05, 4.69) is 4.98 Å². The molecule has 0 aliphatic carbocycles. The van der Waals surface area contributed by atoms with Crippen LogP contribution < -0.4 is 5.56 Å². The van der Waals surface area contributed by atoms with E-state index in [1.807, 2.05) is 0 Å². The SMILES string of the molecule is CC(c1nc2cccc(Cl)c2c(=O)n1-c1cccc(S(C)(=O)=O)c1)N(C(=O)O)C(C)(C)C. The first-order valence-electron chi connectivity index (χ1n) is 9.77. The summed E-state index contributed by atoms with van der Waals surface area (Å²) in [5.41, 5.74) is -0.758. The molecule has 0 fully saturated rings. The molecule has 1 aromatic heterocycles. The van der Waals surface area contributed by atoms with E-state index in [0.29, 0.717) is 5.52 Å². The van der Waals surface area contributed by atoms with Gasteiger partial charge in [0.15, 0.2) is 9.84 Å². The number of halogens is 1. The number of sulfone groups is 1. The molecule has 1 amide bonds. The summed E-state index contributed by atoms with van der Waals surface area (Å²) in [5.74, 6) is 0.146. The van der Waals surface area contributed by atoms with Gasteiger partial charge in [-0.05, 0) is 58.0 Å². The summed E-state index contributed by atoms with van der Waals surface area (Å²) in [6.45, 7) is 6.85. The fourth-order valence-electron chi connectivity index (χ4n) is 3.74. The molecule has 0 aliphatic rings. The van der Waals surface area contributed by atoms with Crippen LogP contribution in [0.3, 0.4) is 0 Å². The molecule has 8 nitrogen and oxygen atoms in total. The third kappa shape index (κ3) is 4.35. The lowest BCUT2D eigenvalue weighted by Gasteiger charge is -2.38. The molecule has 2 aromatic carbocycles. The first kappa shape index (κ1) is 23.7. The Kier molecular flexibility index (Phi) is 6.10. The first-order valence-corrected chi connectivity index (χ1v) is 12.0. The van der Waals surface area contributed by atoms with Crippen molar-refractivity contribution < 1.29 is 18.3 Å². The van der Waals surface area contributed by atoms with Gasteiger partial charge in [0, 0.05) is 11.8 Å².